The number of hydrogen-bond donors (Lipinski definition) is 1. The molecule has 1 aliphatic carbocycles. The zero-order chi connectivity index (χ0) is 10.1. The molecule has 1 saturated heterocycles. The summed E-state index contributed by atoms with van der Waals surface area (Å²) in [6.07, 6.45) is 5.51. The van der Waals surface area contributed by atoms with E-state index in [4.69, 9.17) is 5.73 Å². The molecule has 2 heteroatoms. The second kappa shape index (κ2) is 4.19. The molecule has 0 amide bonds. The van der Waals surface area contributed by atoms with Gasteiger partial charge in [0.25, 0.3) is 0 Å². The normalized spacial score (nSPS) is 37.1. The van der Waals surface area contributed by atoms with Crippen LogP contribution in [0.5, 0.6) is 0 Å². The van der Waals surface area contributed by atoms with Gasteiger partial charge in [0, 0.05) is 25.2 Å². The first-order valence-electron chi connectivity index (χ1n) is 6.16. The first-order valence-corrected chi connectivity index (χ1v) is 6.16. The van der Waals surface area contributed by atoms with Gasteiger partial charge in [-0.05, 0) is 38.0 Å². The van der Waals surface area contributed by atoms with E-state index in [2.05, 4.69) is 18.7 Å². The highest BCUT2D eigenvalue weighted by Gasteiger charge is 2.31. The summed E-state index contributed by atoms with van der Waals surface area (Å²) in [5.41, 5.74) is 6.22. The van der Waals surface area contributed by atoms with Crippen molar-refractivity contribution in [2.45, 2.75) is 51.6 Å². The Hall–Kier alpha value is -0.0800. The lowest BCUT2D eigenvalue weighted by Gasteiger charge is -2.34. The summed E-state index contributed by atoms with van der Waals surface area (Å²) in [5, 5.41) is 0. The van der Waals surface area contributed by atoms with Crippen molar-refractivity contribution in [3.8, 4) is 0 Å². The summed E-state index contributed by atoms with van der Waals surface area (Å²) in [5.74, 6) is 1.71. The molecule has 0 radical (unpaired) electrons. The Bertz CT molecular complexity index is 189. The lowest BCUT2D eigenvalue weighted by Crippen LogP contribution is -2.45. The Labute approximate surface area is 87.8 Å². The van der Waals surface area contributed by atoms with Crippen LogP contribution in [0.25, 0.3) is 0 Å². The summed E-state index contributed by atoms with van der Waals surface area (Å²) in [6, 6.07) is 1.20. The third-order valence-electron chi connectivity index (χ3n) is 4.11. The molecule has 0 aromatic carbocycles. The van der Waals surface area contributed by atoms with Crippen molar-refractivity contribution in [1.82, 2.24) is 4.90 Å². The largest absolute Gasteiger partial charge is 0.326 e. The second-order valence-electron chi connectivity index (χ2n) is 5.50. The molecule has 2 rings (SSSR count). The van der Waals surface area contributed by atoms with Gasteiger partial charge in [-0.15, -0.1) is 0 Å². The average molecular weight is 196 g/mol. The molecule has 0 aromatic rings. The molecule has 0 bridgehead atoms. The van der Waals surface area contributed by atoms with Crippen LogP contribution in [-0.4, -0.2) is 30.1 Å². The van der Waals surface area contributed by atoms with Gasteiger partial charge in [-0.2, -0.15) is 0 Å². The maximum Gasteiger partial charge on any atom is 0.0196 e. The molecule has 1 heterocycles. The van der Waals surface area contributed by atoms with Crippen LogP contribution in [0, 0.1) is 11.8 Å². The molecule has 0 aromatic heterocycles. The van der Waals surface area contributed by atoms with Crippen molar-refractivity contribution >= 4 is 0 Å². The van der Waals surface area contributed by atoms with E-state index >= 15 is 0 Å². The van der Waals surface area contributed by atoms with Gasteiger partial charge >= 0.3 is 0 Å². The highest BCUT2D eigenvalue weighted by atomic mass is 15.2. The summed E-state index contributed by atoms with van der Waals surface area (Å²) >= 11 is 0. The Morgan fingerprint density at radius 3 is 2.50 bits per heavy atom. The molecule has 2 nitrogen and oxygen atoms in total. The van der Waals surface area contributed by atoms with E-state index in [0.717, 1.165) is 24.4 Å². The van der Waals surface area contributed by atoms with Gasteiger partial charge in [-0.1, -0.05) is 13.3 Å². The van der Waals surface area contributed by atoms with Crippen molar-refractivity contribution in [2.75, 3.05) is 13.1 Å². The molecular weight excluding hydrogens is 172 g/mol. The van der Waals surface area contributed by atoms with Crippen molar-refractivity contribution in [2.24, 2.45) is 17.6 Å². The van der Waals surface area contributed by atoms with E-state index in [0.29, 0.717) is 6.04 Å². The Morgan fingerprint density at radius 1 is 1.36 bits per heavy atom. The van der Waals surface area contributed by atoms with Gasteiger partial charge in [0.1, 0.15) is 0 Å². The molecule has 82 valence electrons. The average Bonchev–Trinajstić information content (AvgIpc) is 2.26. The fraction of sp³-hybridized carbons (Fsp3) is 1.00. The fourth-order valence-corrected chi connectivity index (χ4v) is 2.93. The molecule has 1 saturated carbocycles. The summed E-state index contributed by atoms with van der Waals surface area (Å²) in [7, 11) is 0. The molecular formula is C12H24N2. The zero-order valence-corrected chi connectivity index (χ0v) is 9.58. The fourth-order valence-electron chi connectivity index (χ4n) is 2.93. The maximum absolute atomic E-state index is 6.22. The standard InChI is InChI=1S/C12H24N2/c1-9-6-10(2)14(7-9)8-12(13)11-4-3-5-11/h9-12H,3-8,13H2,1-2H3. The van der Waals surface area contributed by atoms with Crippen LogP contribution < -0.4 is 5.73 Å². The van der Waals surface area contributed by atoms with E-state index in [9.17, 15) is 0 Å². The van der Waals surface area contributed by atoms with Gasteiger partial charge < -0.3 is 5.73 Å². The number of nitrogens with zero attached hydrogens (tertiary/aromatic N) is 1. The molecule has 2 aliphatic rings. The number of nitrogens with two attached hydrogens (primary N) is 1. The Kier molecular flexibility index (Phi) is 3.13. The quantitative estimate of drug-likeness (QED) is 0.746. The molecule has 2 N–H and O–H groups in total. The van der Waals surface area contributed by atoms with Crippen LogP contribution >= 0.6 is 0 Å². The second-order valence-corrected chi connectivity index (χ2v) is 5.50. The summed E-state index contributed by atoms with van der Waals surface area (Å²) in [4.78, 5) is 2.59. The molecule has 1 aliphatic heterocycles. The van der Waals surface area contributed by atoms with Gasteiger partial charge in [-0.25, -0.2) is 0 Å². The van der Waals surface area contributed by atoms with E-state index in [-0.39, 0.29) is 0 Å². The molecule has 14 heavy (non-hydrogen) atoms. The molecule has 3 unspecified atom stereocenters. The van der Waals surface area contributed by atoms with Crippen molar-refractivity contribution in [3.63, 3.8) is 0 Å². The third-order valence-corrected chi connectivity index (χ3v) is 4.11. The van der Waals surface area contributed by atoms with E-state index in [1.807, 2.05) is 0 Å². The van der Waals surface area contributed by atoms with E-state index in [1.54, 1.807) is 0 Å². The highest BCUT2D eigenvalue weighted by Crippen LogP contribution is 2.30. The summed E-state index contributed by atoms with van der Waals surface area (Å²) < 4.78 is 0. The number of rotatable bonds is 3. The number of hydrogen-bond acceptors (Lipinski definition) is 2. The zero-order valence-electron chi connectivity index (χ0n) is 9.58. The van der Waals surface area contributed by atoms with E-state index in [1.165, 1.54) is 32.2 Å². The topological polar surface area (TPSA) is 29.3 Å². The first-order chi connectivity index (χ1) is 6.66. The SMILES string of the molecule is CC1CC(C)N(CC(N)C2CCC2)C1. The van der Waals surface area contributed by atoms with Crippen LogP contribution in [-0.2, 0) is 0 Å². The van der Waals surface area contributed by atoms with Crippen molar-refractivity contribution < 1.29 is 0 Å². The van der Waals surface area contributed by atoms with Crippen LogP contribution in [0.2, 0.25) is 0 Å². The smallest absolute Gasteiger partial charge is 0.0196 e. The third kappa shape index (κ3) is 2.12. The van der Waals surface area contributed by atoms with E-state index < -0.39 is 0 Å². The van der Waals surface area contributed by atoms with Crippen LogP contribution in [0.3, 0.4) is 0 Å². The lowest BCUT2D eigenvalue weighted by atomic mass is 9.80. The minimum atomic E-state index is 0.441. The predicted molar refractivity (Wildman–Crippen MR) is 60.1 cm³/mol. The first kappa shape index (κ1) is 10.4. The van der Waals surface area contributed by atoms with Crippen molar-refractivity contribution in [1.29, 1.82) is 0 Å². The summed E-state index contributed by atoms with van der Waals surface area (Å²) in [6.45, 7) is 7.10. The highest BCUT2D eigenvalue weighted by molar-refractivity contribution is 4.87. The monoisotopic (exact) mass is 196 g/mol. The van der Waals surface area contributed by atoms with Gasteiger partial charge in [-0.3, -0.25) is 4.90 Å². The Balaban J connectivity index is 1.78. The van der Waals surface area contributed by atoms with Gasteiger partial charge in [0.05, 0.1) is 0 Å². The van der Waals surface area contributed by atoms with Crippen LogP contribution in [0.4, 0.5) is 0 Å². The predicted octanol–water partition coefficient (Wildman–Crippen LogP) is 1.84. The molecule has 3 atom stereocenters. The van der Waals surface area contributed by atoms with Crippen LogP contribution in [0.1, 0.15) is 39.5 Å². The minimum Gasteiger partial charge on any atom is -0.326 e. The Morgan fingerprint density at radius 2 is 2.07 bits per heavy atom. The van der Waals surface area contributed by atoms with Crippen molar-refractivity contribution in [3.05, 3.63) is 0 Å². The number of likely N-dealkylation sites (tertiary alicyclic amines) is 1. The van der Waals surface area contributed by atoms with Gasteiger partial charge in [0.2, 0.25) is 0 Å². The van der Waals surface area contributed by atoms with Crippen LogP contribution in [0.15, 0.2) is 0 Å². The minimum absolute atomic E-state index is 0.441. The maximum atomic E-state index is 6.22. The lowest BCUT2D eigenvalue weighted by molar-refractivity contribution is 0.180. The molecule has 2 fully saturated rings. The molecule has 0 spiro atoms. The van der Waals surface area contributed by atoms with Gasteiger partial charge in [0.15, 0.2) is 0 Å².